The van der Waals surface area contributed by atoms with E-state index in [-0.39, 0.29) is 11.5 Å². The molecule has 3 heteroatoms. The van der Waals surface area contributed by atoms with E-state index in [1.807, 2.05) is 0 Å². The molecule has 1 rings (SSSR count). The van der Waals surface area contributed by atoms with Crippen molar-refractivity contribution in [3.63, 3.8) is 0 Å². The van der Waals surface area contributed by atoms with Crippen molar-refractivity contribution in [3.05, 3.63) is 0 Å². The maximum absolute atomic E-state index is 11.1. The first kappa shape index (κ1) is 13.5. The highest BCUT2D eigenvalue weighted by molar-refractivity contribution is 5.70. The molecule has 3 nitrogen and oxygen atoms in total. The summed E-state index contributed by atoms with van der Waals surface area (Å²) in [4.78, 5) is 11.1. The van der Waals surface area contributed by atoms with Crippen molar-refractivity contribution >= 4 is 5.97 Å². The molecule has 0 aromatic rings. The molecule has 1 N–H and O–H groups in total. The second kappa shape index (κ2) is 6.24. The van der Waals surface area contributed by atoms with E-state index in [1.165, 1.54) is 0 Å². The second-order valence-electron chi connectivity index (χ2n) is 4.91. The van der Waals surface area contributed by atoms with Crippen LogP contribution in [0.1, 0.15) is 58.8 Å². The number of ether oxygens (including phenoxy) is 1. The van der Waals surface area contributed by atoms with Gasteiger partial charge in [-0.3, -0.25) is 4.79 Å². The van der Waals surface area contributed by atoms with Gasteiger partial charge in [0.1, 0.15) is 0 Å². The van der Waals surface area contributed by atoms with Crippen LogP contribution in [0.2, 0.25) is 0 Å². The molecular formula is C13H24O3. The van der Waals surface area contributed by atoms with Gasteiger partial charge in [0.2, 0.25) is 0 Å². The van der Waals surface area contributed by atoms with Gasteiger partial charge in [-0.05, 0) is 38.5 Å². The van der Waals surface area contributed by atoms with E-state index in [0.717, 1.165) is 45.1 Å². The van der Waals surface area contributed by atoms with Gasteiger partial charge >= 0.3 is 5.97 Å². The third-order valence-electron chi connectivity index (χ3n) is 3.47. The third kappa shape index (κ3) is 3.48. The van der Waals surface area contributed by atoms with Crippen LogP contribution in [-0.2, 0) is 9.53 Å². The van der Waals surface area contributed by atoms with Crippen LogP contribution in [0.4, 0.5) is 0 Å². The second-order valence-corrected chi connectivity index (χ2v) is 4.91. The molecule has 94 valence electrons. The Morgan fingerprint density at radius 3 is 2.75 bits per heavy atom. The van der Waals surface area contributed by atoms with E-state index in [0.29, 0.717) is 6.42 Å². The van der Waals surface area contributed by atoms with Crippen molar-refractivity contribution in [1.29, 1.82) is 0 Å². The quantitative estimate of drug-likeness (QED) is 0.759. The summed E-state index contributed by atoms with van der Waals surface area (Å²) in [5.41, 5.74) is -0.147. The Balaban J connectivity index is 2.63. The van der Waals surface area contributed by atoms with Crippen LogP contribution in [0, 0.1) is 5.92 Å². The van der Waals surface area contributed by atoms with Crippen LogP contribution >= 0.6 is 0 Å². The SMILES string of the molecule is CCCOC1(CCC)CCCC(C(=O)O)C1. The zero-order valence-electron chi connectivity index (χ0n) is 10.5. The van der Waals surface area contributed by atoms with Crippen LogP contribution in [0.3, 0.4) is 0 Å². The lowest BCUT2D eigenvalue weighted by Gasteiger charge is -2.39. The van der Waals surface area contributed by atoms with Crippen molar-refractivity contribution in [2.24, 2.45) is 5.92 Å². The maximum Gasteiger partial charge on any atom is 0.306 e. The van der Waals surface area contributed by atoms with Crippen LogP contribution in [0.5, 0.6) is 0 Å². The molecule has 1 aliphatic carbocycles. The molecule has 0 saturated heterocycles. The highest BCUT2D eigenvalue weighted by Crippen LogP contribution is 2.38. The lowest BCUT2D eigenvalue weighted by molar-refractivity contribution is -0.150. The van der Waals surface area contributed by atoms with Crippen molar-refractivity contribution < 1.29 is 14.6 Å². The molecule has 1 saturated carbocycles. The Bertz CT molecular complexity index is 223. The molecule has 0 aromatic heterocycles. The zero-order chi connectivity index (χ0) is 12.0. The minimum atomic E-state index is -0.653. The number of carboxylic acid groups (broad SMARTS) is 1. The fourth-order valence-electron chi connectivity index (χ4n) is 2.74. The van der Waals surface area contributed by atoms with Gasteiger partial charge in [-0.2, -0.15) is 0 Å². The Morgan fingerprint density at radius 2 is 2.19 bits per heavy atom. The average molecular weight is 228 g/mol. The molecule has 2 atom stereocenters. The smallest absolute Gasteiger partial charge is 0.306 e. The van der Waals surface area contributed by atoms with Gasteiger partial charge in [-0.25, -0.2) is 0 Å². The summed E-state index contributed by atoms with van der Waals surface area (Å²) in [6.07, 6.45) is 6.60. The normalized spacial score (nSPS) is 30.2. The molecule has 0 radical (unpaired) electrons. The Labute approximate surface area is 98.2 Å². The summed E-state index contributed by atoms with van der Waals surface area (Å²) in [5.74, 6) is -0.850. The van der Waals surface area contributed by atoms with Crippen LogP contribution in [0.25, 0.3) is 0 Å². The molecule has 0 amide bonds. The predicted molar refractivity (Wildman–Crippen MR) is 63.5 cm³/mol. The van der Waals surface area contributed by atoms with Crippen LogP contribution in [0.15, 0.2) is 0 Å². The van der Waals surface area contributed by atoms with Gasteiger partial charge in [-0.1, -0.05) is 20.3 Å². The molecule has 0 aliphatic heterocycles. The van der Waals surface area contributed by atoms with Gasteiger partial charge < -0.3 is 9.84 Å². The largest absolute Gasteiger partial charge is 0.481 e. The standard InChI is InChI=1S/C13H24O3/c1-3-7-13(16-9-4-2)8-5-6-11(10-13)12(14)15/h11H,3-10H2,1-2H3,(H,14,15). The maximum atomic E-state index is 11.1. The van der Waals surface area contributed by atoms with E-state index in [2.05, 4.69) is 13.8 Å². The van der Waals surface area contributed by atoms with Crippen molar-refractivity contribution in [2.45, 2.75) is 64.4 Å². The first-order valence-corrected chi connectivity index (χ1v) is 6.50. The van der Waals surface area contributed by atoms with E-state index in [9.17, 15) is 4.79 Å². The third-order valence-corrected chi connectivity index (χ3v) is 3.47. The Morgan fingerprint density at radius 1 is 1.44 bits per heavy atom. The Kier molecular flexibility index (Phi) is 5.26. The Hall–Kier alpha value is -0.570. The topological polar surface area (TPSA) is 46.5 Å². The first-order chi connectivity index (χ1) is 7.63. The minimum absolute atomic E-state index is 0.147. The number of hydrogen-bond acceptors (Lipinski definition) is 2. The van der Waals surface area contributed by atoms with Crippen molar-refractivity contribution in [1.82, 2.24) is 0 Å². The van der Waals surface area contributed by atoms with E-state index < -0.39 is 5.97 Å². The number of aliphatic carboxylic acids is 1. The summed E-state index contributed by atoms with van der Waals surface area (Å²) in [6.45, 7) is 4.99. The highest BCUT2D eigenvalue weighted by Gasteiger charge is 2.38. The molecule has 1 fully saturated rings. The number of hydrogen-bond donors (Lipinski definition) is 1. The van der Waals surface area contributed by atoms with Gasteiger partial charge in [0.05, 0.1) is 11.5 Å². The number of carboxylic acids is 1. The molecule has 0 spiro atoms. The summed E-state index contributed by atoms with van der Waals surface area (Å²) in [7, 11) is 0. The molecule has 0 bridgehead atoms. The van der Waals surface area contributed by atoms with Gasteiger partial charge in [0.15, 0.2) is 0 Å². The zero-order valence-corrected chi connectivity index (χ0v) is 10.5. The average Bonchev–Trinajstić information content (AvgIpc) is 2.27. The molecule has 0 aromatic carbocycles. The number of carbonyl (C=O) groups is 1. The van der Waals surface area contributed by atoms with Crippen molar-refractivity contribution in [2.75, 3.05) is 6.61 Å². The lowest BCUT2D eigenvalue weighted by Crippen LogP contribution is -2.40. The molecule has 16 heavy (non-hydrogen) atoms. The molecule has 2 unspecified atom stereocenters. The van der Waals surface area contributed by atoms with E-state index in [1.54, 1.807) is 0 Å². The van der Waals surface area contributed by atoms with E-state index in [4.69, 9.17) is 9.84 Å². The fourth-order valence-corrected chi connectivity index (χ4v) is 2.74. The summed E-state index contributed by atoms with van der Waals surface area (Å²) in [6, 6.07) is 0. The summed E-state index contributed by atoms with van der Waals surface area (Å²) in [5, 5.41) is 9.11. The fraction of sp³-hybridized carbons (Fsp3) is 0.923. The van der Waals surface area contributed by atoms with E-state index >= 15 is 0 Å². The lowest BCUT2D eigenvalue weighted by atomic mass is 9.75. The summed E-state index contributed by atoms with van der Waals surface area (Å²) < 4.78 is 5.98. The monoisotopic (exact) mass is 228 g/mol. The van der Waals surface area contributed by atoms with Gasteiger partial charge in [-0.15, -0.1) is 0 Å². The number of rotatable bonds is 6. The minimum Gasteiger partial charge on any atom is -0.481 e. The predicted octanol–water partition coefficient (Wildman–Crippen LogP) is 3.23. The van der Waals surface area contributed by atoms with Gasteiger partial charge in [0.25, 0.3) is 0 Å². The summed E-state index contributed by atoms with van der Waals surface area (Å²) >= 11 is 0. The molecule has 0 heterocycles. The molecule has 1 aliphatic rings. The van der Waals surface area contributed by atoms with Crippen LogP contribution in [-0.4, -0.2) is 23.3 Å². The molecular weight excluding hydrogens is 204 g/mol. The highest BCUT2D eigenvalue weighted by atomic mass is 16.5. The van der Waals surface area contributed by atoms with Gasteiger partial charge in [0, 0.05) is 6.61 Å². The first-order valence-electron chi connectivity index (χ1n) is 6.50. The van der Waals surface area contributed by atoms with Crippen LogP contribution < -0.4 is 0 Å². The van der Waals surface area contributed by atoms with Crippen molar-refractivity contribution in [3.8, 4) is 0 Å².